The molecule has 1 atom stereocenters. The highest BCUT2D eigenvalue weighted by atomic mass is 16.6. The van der Waals surface area contributed by atoms with Crippen LogP contribution in [-0.2, 0) is 9.39 Å². The van der Waals surface area contributed by atoms with Crippen LogP contribution in [0.4, 0.5) is 10.6 Å². The van der Waals surface area contributed by atoms with Crippen LogP contribution in [0.5, 0.6) is 0 Å². The summed E-state index contributed by atoms with van der Waals surface area (Å²) in [6.45, 7) is 16.0. The van der Waals surface area contributed by atoms with Crippen molar-refractivity contribution < 1.29 is 19.3 Å². The Bertz CT molecular complexity index is 624. The van der Waals surface area contributed by atoms with Crippen molar-refractivity contribution in [3.63, 3.8) is 0 Å². The molecule has 7 nitrogen and oxygen atoms in total. The Morgan fingerprint density at radius 3 is 2.29 bits per heavy atom. The molecule has 0 saturated heterocycles. The van der Waals surface area contributed by atoms with Gasteiger partial charge in [0.05, 0.1) is 11.2 Å². The van der Waals surface area contributed by atoms with Crippen LogP contribution in [0.3, 0.4) is 0 Å². The zero-order valence-electron chi connectivity index (χ0n) is 18.5. The van der Waals surface area contributed by atoms with Crippen LogP contribution in [0.15, 0.2) is 18.3 Å². The van der Waals surface area contributed by atoms with E-state index >= 15 is 0 Å². The highest BCUT2D eigenvalue weighted by molar-refractivity contribution is 6.46. The zero-order chi connectivity index (χ0) is 21.6. The molecule has 0 aliphatic carbocycles. The molecule has 158 valence electrons. The average molecular weight is 393 g/mol. The first kappa shape index (κ1) is 24.2. The van der Waals surface area contributed by atoms with Crippen molar-refractivity contribution >= 4 is 24.9 Å². The van der Waals surface area contributed by atoms with Crippen LogP contribution >= 0.6 is 0 Å². The fourth-order valence-electron chi connectivity index (χ4n) is 2.57. The third kappa shape index (κ3) is 7.68. The van der Waals surface area contributed by atoms with Gasteiger partial charge in [-0.3, -0.25) is 0 Å². The van der Waals surface area contributed by atoms with Gasteiger partial charge in [0, 0.05) is 19.3 Å². The maximum absolute atomic E-state index is 11.6. The summed E-state index contributed by atoms with van der Waals surface area (Å²) in [5.74, 6) is 0.864. The van der Waals surface area contributed by atoms with Crippen molar-refractivity contribution in [3.05, 3.63) is 18.3 Å². The molecule has 0 fully saturated rings. The number of anilines is 1. The summed E-state index contributed by atoms with van der Waals surface area (Å²) < 4.78 is 11.2. The van der Waals surface area contributed by atoms with Gasteiger partial charge in [-0.15, -0.1) is 0 Å². The van der Waals surface area contributed by atoms with E-state index in [1.165, 1.54) is 0 Å². The number of hydrogen-bond acceptors (Lipinski definition) is 6. The monoisotopic (exact) mass is 393 g/mol. The second-order valence-electron chi connectivity index (χ2n) is 9.02. The van der Waals surface area contributed by atoms with Gasteiger partial charge in [0.15, 0.2) is 0 Å². The molecule has 0 aliphatic rings. The van der Waals surface area contributed by atoms with Crippen molar-refractivity contribution in [2.75, 3.05) is 18.4 Å². The largest absolute Gasteiger partial charge is 0.444 e. The summed E-state index contributed by atoms with van der Waals surface area (Å²) in [6, 6.07) is 3.80. The van der Waals surface area contributed by atoms with Crippen LogP contribution in [0.2, 0.25) is 0 Å². The molecule has 0 aromatic carbocycles. The molecule has 1 heterocycles. The van der Waals surface area contributed by atoms with Gasteiger partial charge >= 0.3 is 13.6 Å². The molecule has 0 aliphatic heterocycles. The highest BCUT2D eigenvalue weighted by Crippen LogP contribution is 2.32. The molecule has 0 bridgehead atoms. The van der Waals surface area contributed by atoms with Crippen LogP contribution in [0, 0.1) is 5.92 Å². The number of aliphatic hydroxyl groups is 1. The third-order valence-corrected chi connectivity index (χ3v) is 4.78. The normalized spacial score (nSPS) is 14.4. The Hall–Kier alpha value is -1.80. The van der Waals surface area contributed by atoms with E-state index < -0.39 is 22.9 Å². The van der Waals surface area contributed by atoms with Crippen LogP contribution in [0.1, 0.15) is 55.4 Å². The van der Waals surface area contributed by atoms with Gasteiger partial charge in [0.2, 0.25) is 0 Å². The Morgan fingerprint density at radius 2 is 1.82 bits per heavy atom. The number of ether oxygens (including phenoxy) is 1. The van der Waals surface area contributed by atoms with Crippen molar-refractivity contribution in [3.8, 4) is 0 Å². The fourth-order valence-corrected chi connectivity index (χ4v) is 2.57. The summed E-state index contributed by atoms with van der Waals surface area (Å²) >= 11 is 0. The van der Waals surface area contributed by atoms with E-state index in [2.05, 4.69) is 15.6 Å². The molecule has 1 aromatic rings. The zero-order valence-corrected chi connectivity index (χ0v) is 18.5. The van der Waals surface area contributed by atoms with Gasteiger partial charge in [0.25, 0.3) is 0 Å². The molecule has 28 heavy (non-hydrogen) atoms. The van der Waals surface area contributed by atoms with Gasteiger partial charge in [-0.2, -0.15) is 0 Å². The smallest absolute Gasteiger partial charge is 0.407 e. The maximum Gasteiger partial charge on any atom is 0.407 e. The Morgan fingerprint density at radius 1 is 1.18 bits per heavy atom. The molecule has 0 spiro atoms. The van der Waals surface area contributed by atoms with Crippen LogP contribution < -0.4 is 16.1 Å². The minimum atomic E-state index is -0.961. The van der Waals surface area contributed by atoms with Gasteiger partial charge in [-0.25, -0.2) is 9.78 Å². The molecule has 1 aromatic heterocycles. The summed E-state index contributed by atoms with van der Waals surface area (Å²) in [7, 11) is 0.367. The second kappa shape index (κ2) is 9.61. The predicted octanol–water partition coefficient (Wildman–Crippen LogP) is 2.20. The van der Waals surface area contributed by atoms with Crippen molar-refractivity contribution in [2.24, 2.45) is 5.92 Å². The number of pyridine rings is 1. The standard InChI is InChI=1S/C20H36BN3O4/c1-14(2)20(8,19(6,7)26)28-21-15-9-10-16(24-13-15)22-11-12-23-17(25)27-18(3,4)5/h9-10,13-14,21,26H,11-12H2,1-8H3,(H,22,24)(H,23,25). The minimum absolute atomic E-state index is 0.152. The first-order chi connectivity index (χ1) is 12.7. The van der Waals surface area contributed by atoms with Gasteiger partial charge in [-0.1, -0.05) is 19.9 Å². The first-order valence-corrected chi connectivity index (χ1v) is 9.76. The molecule has 0 radical (unpaired) electrons. The van der Waals surface area contributed by atoms with E-state index in [1.807, 2.05) is 53.7 Å². The quantitative estimate of drug-likeness (QED) is 0.440. The molecular formula is C20H36BN3O4. The molecule has 1 unspecified atom stereocenters. The third-order valence-electron chi connectivity index (χ3n) is 4.78. The van der Waals surface area contributed by atoms with Crippen molar-refractivity contribution in [1.29, 1.82) is 0 Å². The lowest BCUT2D eigenvalue weighted by Crippen LogP contribution is -2.55. The predicted molar refractivity (Wildman–Crippen MR) is 114 cm³/mol. The molecular weight excluding hydrogens is 357 g/mol. The number of rotatable bonds is 9. The van der Waals surface area contributed by atoms with Gasteiger partial charge in [-0.05, 0) is 59.0 Å². The number of aromatic nitrogens is 1. The van der Waals surface area contributed by atoms with Crippen LogP contribution in [-0.4, -0.2) is 53.6 Å². The number of alkyl carbamates (subject to hydrolysis) is 1. The SMILES string of the molecule is CC(C)C(C)(OBc1ccc(NCCNC(=O)OC(C)(C)C)nc1)C(C)(C)O. The van der Waals surface area contributed by atoms with E-state index in [4.69, 9.17) is 9.39 Å². The van der Waals surface area contributed by atoms with Crippen molar-refractivity contribution in [1.82, 2.24) is 10.3 Å². The van der Waals surface area contributed by atoms with E-state index in [0.717, 1.165) is 5.46 Å². The van der Waals surface area contributed by atoms with E-state index in [0.29, 0.717) is 26.4 Å². The fraction of sp³-hybridized carbons (Fsp3) is 0.700. The average Bonchev–Trinajstić information content (AvgIpc) is 2.54. The lowest BCUT2D eigenvalue weighted by Gasteiger charge is -2.44. The molecule has 0 saturated carbocycles. The van der Waals surface area contributed by atoms with Gasteiger partial charge < -0.3 is 25.1 Å². The maximum atomic E-state index is 11.6. The summed E-state index contributed by atoms with van der Waals surface area (Å²) in [5, 5.41) is 16.3. The first-order valence-electron chi connectivity index (χ1n) is 9.76. The number of nitrogens with one attached hydrogen (secondary N) is 2. The molecule has 8 heteroatoms. The number of carbonyl (C=O) groups is 1. The number of hydrogen-bond donors (Lipinski definition) is 3. The number of nitrogens with zero attached hydrogens (tertiary/aromatic N) is 1. The van der Waals surface area contributed by atoms with Crippen LogP contribution in [0.25, 0.3) is 0 Å². The Labute approximate surface area is 169 Å². The lowest BCUT2D eigenvalue weighted by atomic mass is 9.76. The molecule has 1 amide bonds. The Kier molecular flexibility index (Phi) is 8.32. The number of amides is 1. The summed E-state index contributed by atoms with van der Waals surface area (Å²) in [6.07, 6.45) is 1.31. The summed E-state index contributed by atoms with van der Waals surface area (Å²) in [5.41, 5.74) is -1.21. The topological polar surface area (TPSA) is 92.7 Å². The molecule has 1 rings (SSSR count). The molecule has 3 N–H and O–H groups in total. The van der Waals surface area contributed by atoms with E-state index in [9.17, 15) is 9.90 Å². The van der Waals surface area contributed by atoms with Gasteiger partial charge in [0.1, 0.15) is 11.4 Å². The van der Waals surface area contributed by atoms with E-state index in [-0.39, 0.29) is 5.92 Å². The second-order valence-corrected chi connectivity index (χ2v) is 9.02. The minimum Gasteiger partial charge on any atom is -0.444 e. The summed E-state index contributed by atoms with van der Waals surface area (Å²) in [4.78, 5) is 15.9. The number of carbonyl (C=O) groups excluding carboxylic acids is 1. The highest BCUT2D eigenvalue weighted by Gasteiger charge is 2.42. The van der Waals surface area contributed by atoms with E-state index in [1.54, 1.807) is 20.0 Å². The van der Waals surface area contributed by atoms with Crippen molar-refractivity contribution in [2.45, 2.75) is 72.2 Å². The lowest BCUT2D eigenvalue weighted by molar-refractivity contribution is -0.126. The Balaban J connectivity index is 2.46.